The van der Waals surface area contributed by atoms with Crippen molar-refractivity contribution >= 4 is 192 Å². The second-order valence-electron chi connectivity index (χ2n) is 15.9. The number of aromatic nitrogens is 4. The molecule has 6 heterocycles. The lowest BCUT2D eigenvalue weighted by Gasteiger charge is -2.33. The Balaban J connectivity index is 1.36. The topological polar surface area (TPSA) is 18.7 Å². The van der Waals surface area contributed by atoms with E-state index in [1.54, 1.807) is 0 Å². The molecule has 0 aliphatic carbocycles. The van der Waals surface area contributed by atoms with Crippen LogP contribution in [0.1, 0.15) is 11.1 Å². The molecule has 0 saturated heterocycles. The fourth-order valence-electron chi connectivity index (χ4n) is 10.1. The number of fused-ring (bicyclic) bond motifs is 16. The molecule has 4 aromatic heterocycles. The second kappa shape index (κ2) is 11.1. The molecule has 4 nitrogen and oxygen atoms in total. The van der Waals surface area contributed by atoms with Gasteiger partial charge >= 0.3 is 0 Å². The summed E-state index contributed by atoms with van der Waals surface area (Å²) in [5.41, 5.74) is 16.2. The van der Waals surface area contributed by atoms with Crippen molar-refractivity contribution in [3.63, 3.8) is 0 Å². The summed E-state index contributed by atoms with van der Waals surface area (Å²) >= 11 is 0. The van der Waals surface area contributed by atoms with E-state index >= 15 is 0 Å². The van der Waals surface area contributed by atoms with Crippen LogP contribution in [0, 0.1) is 0 Å². The first-order valence-corrected chi connectivity index (χ1v) is 18.8. The molecule has 10 aromatic rings. The zero-order chi connectivity index (χ0) is 40.1. The van der Waals surface area contributed by atoms with Gasteiger partial charge < -0.3 is 0 Å². The van der Waals surface area contributed by atoms with E-state index in [-0.39, 0.29) is 34.0 Å². The van der Waals surface area contributed by atoms with Crippen LogP contribution in [0.3, 0.4) is 0 Å². The fraction of sp³-hybridized carbons (Fsp3) is 0.0476. The van der Waals surface area contributed by atoms with Crippen molar-refractivity contribution in [2.24, 2.45) is 0 Å². The summed E-state index contributed by atoms with van der Waals surface area (Å²) in [4.78, 5) is 0. The lowest BCUT2D eigenvalue weighted by molar-refractivity contribution is 1.12. The first kappa shape index (κ1) is 34.8. The third-order valence-electron chi connectivity index (χ3n) is 12.6. The van der Waals surface area contributed by atoms with E-state index in [1.807, 2.05) is 48.5 Å². The van der Waals surface area contributed by atoms with Crippen LogP contribution >= 0.6 is 0 Å². The van der Waals surface area contributed by atoms with Gasteiger partial charge in [-0.3, -0.25) is 17.9 Å². The maximum absolute atomic E-state index is 6.82. The van der Waals surface area contributed by atoms with E-state index in [0.717, 1.165) is 88.5 Å². The van der Waals surface area contributed by atoms with Gasteiger partial charge in [0, 0.05) is 11.4 Å². The number of benzene rings is 6. The van der Waals surface area contributed by atoms with Gasteiger partial charge in [-0.25, -0.2) is 0 Å². The van der Waals surface area contributed by atoms with Gasteiger partial charge in [-0.05, 0) is 86.8 Å². The van der Waals surface area contributed by atoms with Crippen molar-refractivity contribution in [2.75, 3.05) is 0 Å². The Hall–Kier alpha value is -5.22. The summed E-state index contributed by atoms with van der Waals surface area (Å²) in [6.07, 6.45) is 0. The van der Waals surface area contributed by atoms with Crippen LogP contribution in [0.15, 0.2) is 97.1 Å². The Morgan fingerprint density at radius 2 is 0.810 bits per heavy atom. The maximum atomic E-state index is 6.82. The summed E-state index contributed by atoms with van der Waals surface area (Å²) in [5, 5.41) is -1.08. The molecule has 2 aliphatic heterocycles. The van der Waals surface area contributed by atoms with E-state index in [9.17, 15) is 0 Å². The summed E-state index contributed by atoms with van der Waals surface area (Å²) in [6.45, 7) is -0.294. The van der Waals surface area contributed by atoms with Crippen LogP contribution < -0.4 is 43.7 Å². The van der Waals surface area contributed by atoms with Gasteiger partial charge in [-0.2, -0.15) is 0 Å². The first-order valence-electron chi connectivity index (χ1n) is 18.8. The molecule has 0 atom stereocenters. The third kappa shape index (κ3) is 4.12. The molecule has 0 unspecified atom stereocenters. The molecule has 2 aliphatic rings. The van der Waals surface area contributed by atoms with Crippen LogP contribution in [0.5, 0.6) is 0 Å². The Labute approximate surface area is 349 Å². The number of nitrogens with zero attached hydrogens (tertiary/aromatic N) is 4. The standard InChI is InChI=1S/C42H16B12N4/c43-31-30(32(44)34(46)35(47)33(31)45)17-13-28-38-29(14-17)58-25-8-4-2-6-23(25)56-27-16-19(42(51,52)53)10-12-21(27)37(40(56)58)54(38)36-20-11-9-18(41(48,49)50)15-26(20)55-22-5-1-3-7-24(22)57(28)39(36)55/h1-16H. The third-order valence-corrected chi connectivity index (χ3v) is 12.6. The van der Waals surface area contributed by atoms with Crippen molar-refractivity contribution in [1.82, 2.24) is 17.9 Å². The lowest BCUT2D eigenvalue weighted by atomic mass is 9.34. The minimum Gasteiger partial charge on any atom is -0.295 e. The smallest absolute Gasteiger partial charge is 0.258 e. The van der Waals surface area contributed by atoms with Gasteiger partial charge in [0.15, 0.2) is 0 Å². The largest absolute Gasteiger partial charge is 0.295 e. The highest BCUT2D eigenvalue weighted by atomic mass is 15.2. The zero-order valence-electron chi connectivity index (χ0n) is 31.0. The summed E-state index contributed by atoms with van der Waals surface area (Å²) in [6, 6.07) is 32.8. The Kier molecular flexibility index (Phi) is 6.64. The molecular formula is C42H16B12N4. The molecule has 0 fully saturated rings. The SMILES string of the molecule is [B]c1c([B])c([B])c(-c2cc3c4c(c2)-n2c5ccccc5n5c6cc(C([B])([B])[B])ccc6c(c25)B4c2c4ccc(C([B])([B])[B])cc4n4c5ccccc5n-3c24)c([B])c1[B]. The predicted octanol–water partition coefficient (Wildman–Crippen LogP) is -1.60. The Bertz CT molecular complexity index is 3340. The maximum Gasteiger partial charge on any atom is 0.258 e. The minimum absolute atomic E-state index is 0.148. The normalized spacial score (nSPS) is 13.6. The molecule has 0 amide bonds. The van der Waals surface area contributed by atoms with Crippen LogP contribution in [0.2, 0.25) is 0 Å². The van der Waals surface area contributed by atoms with Crippen LogP contribution in [-0.2, 0) is 10.2 Å². The van der Waals surface area contributed by atoms with Gasteiger partial charge in [0.2, 0.25) is 0 Å². The van der Waals surface area contributed by atoms with Crippen molar-refractivity contribution < 1.29 is 0 Å². The highest BCUT2D eigenvalue weighted by molar-refractivity contribution is 7.02. The van der Waals surface area contributed by atoms with Crippen LogP contribution in [-0.4, -0.2) is 111 Å². The van der Waals surface area contributed by atoms with Crippen LogP contribution in [0.4, 0.5) is 0 Å². The molecule has 12 rings (SSSR count). The molecule has 0 saturated carbocycles. The van der Waals surface area contributed by atoms with Gasteiger partial charge in [0.05, 0.1) is 80.2 Å². The summed E-state index contributed by atoms with van der Waals surface area (Å²) in [5.74, 6) is 0. The van der Waals surface area contributed by atoms with E-state index in [0.29, 0.717) is 16.7 Å². The fourth-order valence-corrected chi connectivity index (χ4v) is 10.1. The van der Waals surface area contributed by atoms with Gasteiger partial charge in [0.1, 0.15) is 50.5 Å². The average Bonchev–Trinajstić information content (AvgIpc) is 3.92. The predicted molar refractivity (Wildman–Crippen MR) is 252 cm³/mol. The molecule has 16 heteroatoms. The lowest BCUT2D eigenvalue weighted by Crippen LogP contribution is -2.59. The second-order valence-corrected chi connectivity index (χ2v) is 15.9. The van der Waals surface area contributed by atoms with E-state index in [1.165, 1.54) is 0 Å². The molecule has 22 radical (unpaired) electrons. The molecule has 0 spiro atoms. The highest BCUT2D eigenvalue weighted by Gasteiger charge is 2.45. The summed E-state index contributed by atoms with van der Waals surface area (Å²) < 4.78 is 9.18. The monoisotopic (exact) mass is 708 g/mol. The average molecular weight is 706 g/mol. The van der Waals surface area contributed by atoms with Gasteiger partial charge in [-0.15, -0.1) is 26.6 Å². The van der Waals surface area contributed by atoms with Crippen molar-refractivity contribution in [3.8, 4) is 22.5 Å². The highest BCUT2D eigenvalue weighted by Crippen LogP contribution is 2.41. The molecule has 240 valence electrons. The number of rotatable bonds is 3. The molecule has 0 bridgehead atoms. The number of hydrogen-bond donors (Lipinski definition) is 0. The summed E-state index contributed by atoms with van der Waals surface area (Å²) in [7, 11) is 71.0. The molecular weight excluding hydrogens is 690 g/mol. The minimum atomic E-state index is -1.57. The quantitative estimate of drug-likeness (QED) is 0.198. The van der Waals surface area contributed by atoms with Crippen molar-refractivity contribution in [1.29, 1.82) is 0 Å². The number of para-hydroxylation sites is 4. The van der Waals surface area contributed by atoms with Crippen molar-refractivity contribution in [3.05, 3.63) is 108 Å². The zero-order valence-corrected chi connectivity index (χ0v) is 31.0. The molecule has 6 aromatic carbocycles. The van der Waals surface area contributed by atoms with E-state index in [4.69, 9.17) is 86.3 Å². The number of hydrogen-bond acceptors (Lipinski definition) is 0. The van der Waals surface area contributed by atoms with E-state index in [2.05, 4.69) is 66.5 Å². The van der Waals surface area contributed by atoms with E-state index < -0.39 is 10.2 Å². The Morgan fingerprint density at radius 3 is 1.22 bits per heavy atom. The van der Waals surface area contributed by atoms with Gasteiger partial charge in [-0.1, -0.05) is 70.6 Å². The van der Waals surface area contributed by atoms with Crippen LogP contribution in [0.25, 0.3) is 77.7 Å². The molecule has 58 heavy (non-hydrogen) atoms. The Morgan fingerprint density at radius 1 is 0.414 bits per heavy atom. The first-order chi connectivity index (χ1) is 27.7. The number of imidazole rings is 2. The van der Waals surface area contributed by atoms with Gasteiger partial charge in [0.25, 0.3) is 6.71 Å². The molecule has 0 N–H and O–H groups in total. The van der Waals surface area contributed by atoms with Crippen molar-refractivity contribution in [2.45, 2.75) is 10.2 Å².